The Bertz CT molecular complexity index is 479. The van der Waals surface area contributed by atoms with Crippen molar-refractivity contribution in [2.45, 2.75) is 18.9 Å². The molecule has 2 rings (SSSR count). The van der Waals surface area contributed by atoms with Gasteiger partial charge in [-0.3, -0.25) is 4.98 Å². The van der Waals surface area contributed by atoms with E-state index in [2.05, 4.69) is 4.98 Å². The van der Waals surface area contributed by atoms with Crippen molar-refractivity contribution in [1.82, 2.24) is 4.98 Å². The second-order valence-corrected chi connectivity index (χ2v) is 4.75. The number of nitrogens with zero attached hydrogens (tertiary/aromatic N) is 1. The number of benzene rings is 1. The van der Waals surface area contributed by atoms with Crippen LogP contribution in [0.25, 0.3) is 0 Å². The van der Waals surface area contributed by atoms with Gasteiger partial charge in [0.15, 0.2) is 0 Å². The van der Waals surface area contributed by atoms with E-state index in [1.807, 2.05) is 36.4 Å². The molecule has 1 aromatic carbocycles. The van der Waals surface area contributed by atoms with Crippen LogP contribution in [0.1, 0.15) is 18.1 Å². The van der Waals surface area contributed by atoms with Crippen LogP contribution < -0.4 is 0 Å². The minimum Gasteiger partial charge on any atom is -0.385 e. The maximum Gasteiger partial charge on any atom is 0.0909 e. The Kier molecular flexibility index (Phi) is 3.46. The van der Waals surface area contributed by atoms with Crippen LogP contribution in [0.5, 0.6) is 0 Å². The summed E-state index contributed by atoms with van der Waals surface area (Å²) in [5.41, 5.74) is 1.02. The molecule has 1 heterocycles. The average Bonchev–Trinajstić information content (AvgIpc) is 2.33. The first-order valence-electron chi connectivity index (χ1n) is 5.45. The molecule has 17 heavy (non-hydrogen) atoms. The molecule has 1 atom stereocenters. The molecule has 2 nitrogen and oxygen atoms in total. The third-order valence-corrected chi connectivity index (χ3v) is 3.02. The molecule has 0 aliphatic rings. The van der Waals surface area contributed by atoms with E-state index in [0.717, 1.165) is 11.1 Å². The first-order valence-corrected chi connectivity index (χ1v) is 5.83. The fraction of sp³-hybridized carbons (Fsp3) is 0.214. The molecule has 3 heteroatoms. The second-order valence-electron chi connectivity index (χ2n) is 4.31. The molecule has 0 radical (unpaired) electrons. The maximum absolute atomic E-state index is 10.4. The van der Waals surface area contributed by atoms with E-state index in [4.69, 9.17) is 11.6 Å². The Morgan fingerprint density at radius 2 is 1.71 bits per heavy atom. The van der Waals surface area contributed by atoms with Crippen molar-refractivity contribution < 1.29 is 5.11 Å². The molecule has 0 saturated heterocycles. The van der Waals surface area contributed by atoms with E-state index in [-0.39, 0.29) is 0 Å². The van der Waals surface area contributed by atoms with Gasteiger partial charge in [0.25, 0.3) is 0 Å². The smallest absolute Gasteiger partial charge is 0.0909 e. The minimum absolute atomic E-state index is 0.550. The van der Waals surface area contributed by atoms with Crippen LogP contribution in [0.4, 0.5) is 0 Å². The summed E-state index contributed by atoms with van der Waals surface area (Å²) in [6, 6.07) is 11.2. The molecule has 0 bridgehead atoms. The van der Waals surface area contributed by atoms with Crippen LogP contribution in [0.15, 0.2) is 48.8 Å². The van der Waals surface area contributed by atoms with Crippen molar-refractivity contribution in [2.24, 2.45) is 0 Å². The molecule has 0 spiro atoms. The summed E-state index contributed by atoms with van der Waals surface area (Å²) in [5, 5.41) is 11.2. The van der Waals surface area contributed by atoms with E-state index < -0.39 is 5.60 Å². The van der Waals surface area contributed by atoms with Crippen molar-refractivity contribution in [3.8, 4) is 0 Å². The molecule has 88 valence electrons. The van der Waals surface area contributed by atoms with Crippen LogP contribution in [0.3, 0.4) is 0 Å². The van der Waals surface area contributed by atoms with E-state index >= 15 is 0 Å². The van der Waals surface area contributed by atoms with Gasteiger partial charge in [0.1, 0.15) is 0 Å². The lowest BCUT2D eigenvalue weighted by atomic mass is 9.90. The van der Waals surface area contributed by atoms with Crippen LogP contribution >= 0.6 is 11.6 Å². The summed E-state index contributed by atoms with van der Waals surface area (Å²) in [6.45, 7) is 1.80. The Morgan fingerprint density at radius 1 is 1.12 bits per heavy atom. The number of rotatable bonds is 3. The highest BCUT2D eigenvalue weighted by Crippen LogP contribution is 2.25. The van der Waals surface area contributed by atoms with E-state index in [9.17, 15) is 5.11 Å². The average molecular weight is 248 g/mol. The van der Waals surface area contributed by atoms with Gasteiger partial charge in [-0.25, -0.2) is 0 Å². The van der Waals surface area contributed by atoms with Crippen molar-refractivity contribution in [1.29, 1.82) is 0 Å². The lowest BCUT2D eigenvalue weighted by molar-refractivity contribution is 0.0575. The molecule has 2 aromatic rings. The van der Waals surface area contributed by atoms with E-state index in [0.29, 0.717) is 11.4 Å². The van der Waals surface area contributed by atoms with E-state index in [1.165, 1.54) is 0 Å². The first kappa shape index (κ1) is 12.1. The van der Waals surface area contributed by atoms with Crippen LogP contribution in [0.2, 0.25) is 5.02 Å². The maximum atomic E-state index is 10.4. The summed E-state index contributed by atoms with van der Waals surface area (Å²) in [4.78, 5) is 3.95. The van der Waals surface area contributed by atoms with Crippen LogP contribution in [0, 0.1) is 0 Å². The molecule has 0 saturated carbocycles. The summed E-state index contributed by atoms with van der Waals surface area (Å²) < 4.78 is 0. The predicted molar refractivity (Wildman–Crippen MR) is 69.0 cm³/mol. The van der Waals surface area contributed by atoms with Gasteiger partial charge in [0.05, 0.1) is 5.60 Å². The van der Waals surface area contributed by atoms with E-state index in [1.54, 1.807) is 19.3 Å². The Balaban J connectivity index is 2.20. The molecule has 1 aromatic heterocycles. The Morgan fingerprint density at radius 3 is 2.29 bits per heavy atom. The molecular formula is C14H14ClNO. The largest absolute Gasteiger partial charge is 0.385 e. The topological polar surface area (TPSA) is 33.1 Å². The van der Waals surface area contributed by atoms with Gasteiger partial charge in [0, 0.05) is 23.8 Å². The van der Waals surface area contributed by atoms with Gasteiger partial charge < -0.3 is 5.11 Å². The van der Waals surface area contributed by atoms with Crippen LogP contribution in [-0.4, -0.2) is 10.1 Å². The second kappa shape index (κ2) is 4.86. The van der Waals surface area contributed by atoms with Crippen molar-refractivity contribution >= 4 is 11.6 Å². The number of aromatic nitrogens is 1. The van der Waals surface area contributed by atoms with Crippen LogP contribution in [-0.2, 0) is 12.0 Å². The zero-order chi connectivity index (χ0) is 12.3. The zero-order valence-corrected chi connectivity index (χ0v) is 10.4. The molecular weight excluding hydrogens is 234 g/mol. The molecule has 0 fully saturated rings. The lowest BCUT2D eigenvalue weighted by Gasteiger charge is -2.23. The first-order chi connectivity index (χ1) is 8.08. The van der Waals surface area contributed by atoms with Gasteiger partial charge in [-0.2, -0.15) is 0 Å². The summed E-state index contributed by atoms with van der Waals surface area (Å²) in [6.07, 6.45) is 3.92. The molecule has 0 aliphatic carbocycles. The van der Waals surface area contributed by atoms with Crippen molar-refractivity contribution in [2.75, 3.05) is 0 Å². The minimum atomic E-state index is -0.892. The zero-order valence-electron chi connectivity index (χ0n) is 9.60. The third kappa shape index (κ3) is 3.05. The summed E-state index contributed by atoms with van der Waals surface area (Å²) in [5.74, 6) is 0. The number of hydrogen-bond acceptors (Lipinski definition) is 2. The highest BCUT2D eigenvalue weighted by molar-refractivity contribution is 6.30. The number of halogens is 1. The van der Waals surface area contributed by atoms with Gasteiger partial charge in [-0.1, -0.05) is 23.7 Å². The monoisotopic (exact) mass is 247 g/mol. The summed E-state index contributed by atoms with van der Waals surface area (Å²) in [7, 11) is 0. The fourth-order valence-corrected chi connectivity index (χ4v) is 1.94. The quantitative estimate of drug-likeness (QED) is 0.904. The Labute approximate surface area is 106 Å². The van der Waals surface area contributed by atoms with Crippen molar-refractivity contribution in [3.63, 3.8) is 0 Å². The highest BCUT2D eigenvalue weighted by Gasteiger charge is 2.23. The van der Waals surface area contributed by atoms with Gasteiger partial charge in [-0.05, 0) is 42.3 Å². The third-order valence-electron chi connectivity index (χ3n) is 2.76. The van der Waals surface area contributed by atoms with Gasteiger partial charge >= 0.3 is 0 Å². The van der Waals surface area contributed by atoms with Gasteiger partial charge in [0.2, 0.25) is 0 Å². The summed E-state index contributed by atoms with van der Waals surface area (Å²) >= 11 is 5.83. The number of aliphatic hydroxyl groups is 1. The molecule has 1 N–H and O–H groups in total. The van der Waals surface area contributed by atoms with Gasteiger partial charge in [-0.15, -0.1) is 0 Å². The fourth-order valence-electron chi connectivity index (χ4n) is 1.81. The normalized spacial score (nSPS) is 14.3. The predicted octanol–water partition coefficient (Wildman–Crippen LogP) is 3.19. The molecule has 0 amide bonds. The standard InChI is InChI=1S/C14H14ClNO/c1-14(17,12-6-8-16-9-7-12)10-11-2-4-13(15)5-3-11/h2-9,17H,10H2,1H3/t14-/m1/s1. The number of pyridine rings is 1. The number of hydrogen-bond donors (Lipinski definition) is 1. The highest BCUT2D eigenvalue weighted by atomic mass is 35.5. The SMILES string of the molecule is C[C@@](O)(Cc1ccc(Cl)cc1)c1ccncc1. The molecule has 0 unspecified atom stereocenters. The Hall–Kier alpha value is -1.38. The lowest BCUT2D eigenvalue weighted by Crippen LogP contribution is -2.24. The molecule has 0 aliphatic heterocycles. The van der Waals surface area contributed by atoms with Crippen molar-refractivity contribution in [3.05, 3.63) is 64.9 Å².